The Hall–Kier alpha value is -1.40. The SMILES string of the molecule is O=C(NC1C2CC3CC(C2)CC1C3)C1(NS(=O)(=O)c2ccccc2)CCC1. The van der Waals surface area contributed by atoms with Crippen LogP contribution in [0.25, 0.3) is 0 Å². The molecule has 0 unspecified atom stereocenters. The van der Waals surface area contributed by atoms with Crippen molar-refractivity contribution in [3.8, 4) is 0 Å². The van der Waals surface area contributed by atoms with Crippen molar-refractivity contribution in [2.45, 2.75) is 67.8 Å². The molecular formula is C21H28N2O3S. The van der Waals surface area contributed by atoms with Gasteiger partial charge in [-0.1, -0.05) is 18.2 Å². The maximum Gasteiger partial charge on any atom is 0.241 e. The van der Waals surface area contributed by atoms with Crippen molar-refractivity contribution in [3.63, 3.8) is 0 Å². The molecule has 6 heteroatoms. The van der Waals surface area contributed by atoms with Gasteiger partial charge in [-0.25, -0.2) is 8.42 Å². The first-order valence-electron chi connectivity index (χ1n) is 10.4. The monoisotopic (exact) mass is 388 g/mol. The van der Waals surface area contributed by atoms with Crippen molar-refractivity contribution in [3.05, 3.63) is 30.3 Å². The zero-order valence-corrected chi connectivity index (χ0v) is 16.4. The zero-order chi connectivity index (χ0) is 18.6. The summed E-state index contributed by atoms with van der Waals surface area (Å²) in [6, 6.07) is 8.59. The molecule has 2 N–H and O–H groups in total. The van der Waals surface area contributed by atoms with Crippen molar-refractivity contribution in [1.82, 2.24) is 10.0 Å². The summed E-state index contributed by atoms with van der Waals surface area (Å²) < 4.78 is 28.3. The highest BCUT2D eigenvalue weighted by Gasteiger charge is 2.52. The smallest absolute Gasteiger partial charge is 0.241 e. The Kier molecular flexibility index (Phi) is 4.13. The number of hydrogen-bond donors (Lipinski definition) is 2. The zero-order valence-electron chi connectivity index (χ0n) is 15.6. The van der Waals surface area contributed by atoms with E-state index in [0.717, 1.165) is 18.3 Å². The predicted molar refractivity (Wildman–Crippen MR) is 102 cm³/mol. The first kappa shape index (κ1) is 17.7. The molecule has 1 aromatic rings. The molecule has 0 aromatic heterocycles. The fraction of sp³-hybridized carbons (Fsp3) is 0.667. The molecule has 1 amide bonds. The van der Waals surface area contributed by atoms with Gasteiger partial charge in [0.1, 0.15) is 5.54 Å². The lowest BCUT2D eigenvalue weighted by Gasteiger charge is -2.55. The van der Waals surface area contributed by atoms with Gasteiger partial charge >= 0.3 is 0 Å². The fourth-order valence-electron chi connectivity index (χ4n) is 6.27. The van der Waals surface area contributed by atoms with E-state index in [9.17, 15) is 13.2 Å². The van der Waals surface area contributed by atoms with Crippen LogP contribution in [-0.4, -0.2) is 25.9 Å². The van der Waals surface area contributed by atoms with E-state index in [2.05, 4.69) is 10.0 Å². The molecule has 0 radical (unpaired) electrons. The molecule has 5 aliphatic carbocycles. The molecule has 5 saturated carbocycles. The number of amides is 1. The maximum atomic E-state index is 13.2. The average Bonchev–Trinajstić information content (AvgIpc) is 2.61. The highest BCUT2D eigenvalue weighted by atomic mass is 32.2. The number of carbonyl (C=O) groups excluding carboxylic acids is 1. The summed E-state index contributed by atoms with van der Waals surface area (Å²) >= 11 is 0. The third-order valence-electron chi connectivity index (χ3n) is 7.55. The first-order valence-corrected chi connectivity index (χ1v) is 11.8. The highest BCUT2D eigenvalue weighted by molar-refractivity contribution is 7.89. The lowest BCUT2D eigenvalue weighted by atomic mass is 9.54. The summed E-state index contributed by atoms with van der Waals surface area (Å²) in [6.07, 6.45) is 8.38. The van der Waals surface area contributed by atoms with Gasteiger partial charge in [0.25, 0.3) is 0 Å². The summed E-state index contributed by atoms with van der Waals surface area (Å²) in [6.45, 7) is 0. The standard InChI is InChI=1S/C21H28N2O3S/c24-20(22-19-16-10-14-9-15(12-16)13-17(19)11-14)21(7-4-8-21)23-27(25,26)18-5-2-1-3-6-18/h1-3,5-6,14-17,19,23H,4,7-13H2,(H,22,24). The average molecular weight is 389 g/mol. The van der Waals surface area contributed by atoms with Crippen LogP contribution in [0.15, 0.2) is 35.2 Å². The number of carbonyl (C=O) groups is 1. The summed E-state index contributed by atoms with van der Waals surface area (Å²) in [5.74, 6) is 2.79. The molecule has 27 heavy (non-hydrogen) atoms. The topological polar surface area (TPSA) is 75.3 Å². The Morgan fingerprint density at radius 3 is 2.04 bits per heavy atom. The van der Waals surface area contributed by atoms with Crippen LogP contribution in [0.5, 0.6) is 0 Å². The van der Waals surface area contributed by atoms with Gasteiger partial charge in [-0.2, -0.15) is 4.72 Å². The number of hydrogen-bond acceptors (Lipinski definition) is 3. The Bertz CT molecular complexity index is 804. The van der Waals surface area contributed by atoms with Crippen molar-refractivity contribution in [2.24, 2.45) is 23.7 Å². The molecular weight excluding hydrogens is 360 g/mol. The number of sulfonamides is 1. The van der Waals surface area contributed by atoms with Gasteiger partial charge in [-0.3, -0.25) is 4.79 Å². The molecule has 5 aliphatic rings. The highest BCUT2D eigenvalue weighted by Crippen LogP contribution is 2.53. The van der Waals surface area contributed by atoms with E-state index >= 15 is 0 Å². The Morgan fingerprint density at radius 1 is 0.926 bits per heavy atom. The van der Waals surface area contributed by atoms with E-state index in [4.69, 9.17) is 0 Å². The van der Waals surface area contributed by atoms with E-state index in [1.165, 1.54) is 32.1 Å². The van der Waals surface area contributed by atoms with Crippen LogP contribution in [0.1, 0.15) is 51.4 Å². The van der Waals surface area contributed by atoms with Crippen molar-refractivity contribution in [2.75, 3.05) is 0 Å². The first-order chi connectivity index (χ1) is 13.0. The van der Waals surface area contributed by atoms with Gasteiger partial charge in [0, 0.05) is 6.04 Å². The molecule has 6 rings (SSSR count). The van der Waals surface area contributed by atoms with Crippen LogP contribution >= 0.6 is 0 Å². The van der Waals surface area contributed by atoms with Crippen LogP contribution in [0, 0.1) is 23.7 Å². The second kappa shape index (κ2) is 6.31. The predicted octanol–water partition coefficient (Wildman–Crippen LogP) is 2.83. The minimum absolute atomic E-state index is 0.106. The van der Waals surface area contributed by atoms with E-state index < -0.39 is 15.6 Å². The van der Waals surface area contributed by atoms with Crippen LogP contribution in [0.4, 0.5) is 0 Å². The minimum atomic E-state index is -3.70. The number of nitrogens with one attached hydrogen (secondary N) is 2. The number of rotatable bonds is 5. The fourth-order valence-corrected chi connectivity index (χ4v) is 7.72. The molecule has 5 nitrogen and oxygen atoms in total. The van der Waals surface area contributed by atoms with Crippen LogP contribution in [-0.2, 0) is 14.8 Å². The van der Waals surface area contributed by atoms with Gasteiger partial charge in [0.15, 0.2) is 0 Å². The quantitative estimate of drug-likeness (QED) is 0.814. The molecule has 0 heterocycles. The molecule has 146 valence electrons. The number of benzene rings is 1. The lowest BCUT2D eigenvalue weighted by molar-refractivity contribution is -0.134. The summed E-state index contributed by atoms with van der Waals surface area (Å²) in [5, 5.41) is 3.31. The van der Waals surface area contributed by atoms with Gasteiger partial charge in [0.2, 0.25) is 15.9 Å². The molecule has 0 saturated heterocycles. The van der Waals surface area contributed by atoms with Gasteiger partial charge in [-0.05, 0) is 87.2 Å². The Labute approximate surface area is 161 Å². The molecule has 0 spiro atoms. The van der Waals surface area contributed by atoms with Gasteiger partial charge < -0.3 is 5.32 Å². The van der Waals surface area contributed by atoms with Gasteiger partial charge in [0.05, 0.1) is 4.90 Å². The molecule has 5 fully saturated rings. The third-order valence-corrected chi connectivity index (χ3v) is 9.10. The van der Waals surface area contributed by atoms with E-state index in [0.29, 0.717) is 24.7 Å². The largest absolute Gasteiger partial charge is 0.351 e. The normalized spacial score (nSPS) is 36.2. The summed E-state index contributed by atoms with van der Waals surface area (Å²) in [7, 11) is -3.70. The third kappa shape index (κ3) is 3.01. The minimum Gasteiger partial charge on any atom is -0.351 e. The second-order valence-electron chi connectivity index (χ2n) is 9.28. The van der Waals surface area contributed by atoms with E-state index in [1.807, 2.05) is 0 Å². The summed E-state index contributed by atoms with van der Waals surface area (Å²) in [5.41, 5.74) is -0.969. The van der Waals surface area contributed by atoms with Crippen molar-refractivity contribution < 1.29 is 13.2 Å². The maximum absolute atomic E-state index is 13.2. The lowest BCUT2D eigenvalue weighted by Crippen LogP contribution is -2.66. The molecule has 0 atom stereocenters. The second-order valence-corrected chi connectivity index (χ2v) is 11.0. The van der Waals surface area contributed by atoms with Crippen molar-refractivity contribution in [1.29, 1.82) is 0 Å². The Balaban J connectivity index is 1.33. The van der Waals surface area contributed by atoms with E-state index in [1.54, 1.807) is 30.3 Å². The van der Waals surface area contributed by atoms with Crippen LogP contribution in [0.3, 0.4) is 0 Å². The van der Waals surface area contributed by atoms with Crippen LogP contribution < -0.4 is 10.0 Å². The van der Waals surface area contributed by atoms with E-state index in [-0.39, 0.29) is 16.8 Å². The Morgan fingerprint density at radius 2 is 1.52 bits per heavy atom. The molecule has 1 aromatic carbocycles. The molecule has 0 aliphatic heterocycles. The van der Waals surface area contributed by atoms with Crippen LogP contribution in [0.2, 0.25) is 0 Å². The summed E-state index contributed by atoms with van der Waals surface area (Å²) in [4.78, 5) is 13.4. The van der Waals surface area contributed by atoms with Gasteiger partial charge in [-0.15, -0.1) is 0 Å². The van der Waals surface area contributed by atoms with Crippen molar-refractivity contribution >= 4 is 15.9 Å². The molecule has 4 bridgehead atoms.